The molecule has 3 rings (SSSR count). The number of carbonyl (C=O) groups excluding carboxylic acids is 3. The molecule has 29 heavy (non-hydrogen) atoms. The summed E-state index contributed by atoms with van der Waals surface area (Å²) in [5, 5.41) is 2.45. The number of hydrogen-bond acceptors (Lipinski definition) is 5. The number of hydrogen-bond donors (Lipinski definition) is 0. The number of rotatable bonds is 7. The Hall–Kier alpha value is -2.96. The minimum atomic E-state index is -0.721. The molecular weight excluding hydrogens is 410 g/mol. The lowest BCUT2D eigenvalue weighted by atomic mass is 9.98. The Bertz CT molecular complexity index is 1020. The maximum atomic E-state index is 12.8. The van der Waals surface area contributed by atoms with E-state index in [-0.39, 0.29) is 22.8 Å². The number of likely N-dealkylation sites (N-methyl/N-ethyl adjacent to an activating group) is 1. The van der Waals surface area contributed by atoms with Crippen LogP contribution in [0.2, 0.25) is 5.02 Å². The highest BCUT2D eigenvalue weighted by Gasteiger charge is 2.20. The van der Waals surface area contributed by atoms with Gasteiger partial charge in [-0.05, 0) is 41.8 Å². The molecule has 0 spiro atoms. The lowest BCUT2D eigenvalue weighted by molar-refractivity contribution is -0.133. The van der Waals surface area contributed by atoms with Gasteiger partial charge < -0.3 is 9.64 Å². The molecule has 0 fully saturated rings. The summed E-state index contributed by atoms with van der Waals surface area (Å²) >= 11 is 7.41. The molecule has 0 aliphatic rings. The van der Waals surface area contributed by atoms with Crippen molar-refractivity contribution in [1.82, 2.24) is 4.90 Å². The quantitative estimate of drug-likeness (QED) is 0.413. The van der Waals surface area contributed by atoms with Crippen molar-refractivity contribution in [2.45, 2.75) is 6.54 Å². The van der Waals surface area contributed by atoms with E-state index in [1.54, 1.807) is 60.8 Å². The zero-order chi connectivity index (χ0) is 20.8. The first kappa shape index (κ1) is 20.8. The van der Waals surface area contributed by atoms with Gasteiger partial charge in [0.15, 0.2) is 12.4 Å². The minimum Gasteiger partial charge on any atom is -0.452 e. The van der Waals surface area contributed by atoms with E-state index < -0.39 is 12.6 Å². The standard InChI is InChI=1S/C22H18ClNO4S/c1-24(13-17-5-4-12-29-17)20(25)14-28-22(27)19-7-3-2-6-18(19)21(26)15-8-10-16(23)11-9-15/h2-12H,13-14H2,1H3. The average Bonchev–Trinajstić information content (AvgIpc) is 3.24. The Labute approximate surface area is 177 Å². The maximum Gasteiger partial charge on any atom is 0.339 e. The molecule has 1 heterocycles. The molecule has 148 valence electrons. The van der Waals surface area contributed by atoms with Crippen molar-refractivity contribution in [3.05, 3.63) is 92.6 Å². The Morgan fingerprint density at radius 1 is 0.966 bits per heavy atom. The molecule has 1 amide bonds. The van der Waals surface area contributed by atoms with Gasteiger partial charge in [0.2, 0.25) is 0 Å². The van der Waals surface area contributed by atoms with Crippen LogP contribution in [0.5, 0.6) is 0 Å². The molecule has 0 bridgehead atoms. The van der Waals surface area contributed by atoms with Gasteiger partial charge in [-0.1, -0.05) is 35.9 Å². The zero-order valence-electron chi connectivity index (χ0n) is 15.6. The van der Waals surface area contributed by atoms with Crippen molar-refractivity contribution in [2.24, 2.45) is 0 Å². The molecule has 1 aromatic heterocycles. The van der Waals surface area contributed by atoms with Crippen molar-refractivity contribution in [3.63, 3.8) is 0 Å². The zero-order valence-corrected chi connectivity index (χ0v) is 17.2. The highest BCUT2D eigenvalue weighted by molar-refractivity contribution is 7.09. The fourth-order valence-corrected chi connectivity index (χ4v) is 3.54. The smallest absolute Gasteiger partial charge is 0.339 e. The Kier molecular flexibility index (Phi) is 6.80. The third-order valence-electron chi connectivity index (χ3n) is 4.22. The Morgan fingerprint density at radius 3 is 2.31 bits per heavy atom. The molecule has 0 saturated heterocycles. The average molecular weight is 428 g/mol. The topological polar surface area (TPSA) is 63.7 Å². The summed E-state index contributed by atoms with van der Waals surface area (Å²) in [6.45, 7) is 0.0455. The van der Waals surface area contributed by atoms with Gasteiger partial charge in [0.1, 0.15) is 0 Å². The number of ketones is 1. The van der Waals surface area contributed by atoms with Crippen molar-refractivity contribution >= 4 is 40.6 Å². The molecule has 3 aromatic rings. The molecule has 7 heteroatoms. The van der Waals surface area contributed by atoms with Crippen LogP contribution in [0.1, 0.15) is 31.2 Å². The van der Waals surface area contributed by atoms with Gasteiger partial charge >= 0.3 is 5.97 Å². The summed E-state index contributed by atoms with van der Waals surface area (Å²) in [5.74, 6) is -1.37. The lowest BCUT2D eigenvalue weighted by Crippen LogP contribution is -2.30. The number of nitrogens with zero attached hydrogens (tertiary/aromatic N) is 1. The highest BCUT2D eigenvalue weighted by atomic mass is 35.5. The van der Waals surface area contributed by atoms with E-state index in [0.717, 1.165) is 4.88 Å². The molecule has 0 atom stereocenters. The van der Waals surface area contributed by atoms with Gasteiger partial charge in [0.25, 0.3) is 5.91 Å². The first-order valence-corrected chi connectivity index (χ1v) is 10.0. The van der Waals surface area contributed by atoms with Crippen molar-refractivity contribution in [3.8, 4) is 0 Å². The number of benzene rings is 2. The monoisotopic (exact) mass is 427 g/mol. The number of carbonyl (C=O) groups is 3. The highest BCUT2D eigenvalue weighted by Crippen LogP contribution is 2.18. The molecule has 0 N–H and O–H groups in total. The number of esters is 1. The van der Waals surface area contributed by atoms with Crippen LogP contribution >= 0.6 is 22.9 Å². The van der Waals surface area contributed by atoms with E-state index in [1.165, 1.54) is 11.0 Å². The summed E-state index contributed by atoms with van der Waals surface area (Å²) in [5.41, 5.74) is 0.724. The fourth-order valence-electron chi connectivity index (χ4n) is 2.66. The lowest BCUT2D eigenvalue weighted by Gasteiger charge is -2.16. The Balaban J connectivity index is 1.67. The Morgan fingerprint density at radius 2 is 1.66 bits per heavy atom. The second-order valence-electron chi connectivity index (χ2n) is 6.29. The summed E-state index contributed by atoms with van der Waals surface area (Å²) < 4.78 is 5.18. The van der Waals surface area contributed by atoms with E-state index in [2.05, 4.69) is 0 Å². The van der Waals surface area contributed by atoms with Crippen LogP contribution < -0.4 is 0 Å². The van der Waals surface area contributed by atoms with E-state index >= 15 is 0 Å². The minimum absolute atomic E-state index is 0.112. The normalized spacial score (nSPS) is 10.4. The van der Waals surface area contributed by atoms with Crippen molar-refractivity contribution in [2.75, 3.05) is 13.7 Å². The molecule has 0 aliphatic carbocycles. The van der Waals surface area contributed by atoms with Crippen LogP contribution in [0.3, 0.4) is 0 Å². The molecule has 0 unspecified atom stereocenters. The number of halogens is 1. The van der Waals surface area contributed by atoms with Gasteiger partial charge in [-0.25, -0.2) is 4.79 Å². The summed E-state index contributed by atoms with van der Waals surface area (Å²) in [7, 11) is 1.65. The summed E-state index contributed by atoms with van der Waals surface area (Å²) in [6, 6.07) is 16.6. The predicted molar refractivity (Wildman–Crippen MR) is 112 cm³/mol. The number of amides is 1. The van der Waals surface area contributed by atoms with Crippen LogP contribution in [0, 0.1) is 0 Å². The third kappa shape index (κ3) is 5.31. The predicted octanol–water partition coefficient (Wildman–Crippen LogP) is 4.45. The molecule has 0 saturated carbocycles. The van der Waals surface area contributed by atoms with Gasteiger partial charge in [-0.2, -0.15) is 0 Å². The SMILES string of the molecule is CN(Cc1cccs1)C(=O)COC(=O)c1ccccc1C(=O)c1ccc(Cl)cc1. The van der Waals surface area contributed by atoms with Crippen molar-refractivity contribution < 1.29 is 19.1 Å². The van der Waals surface area contributed by atoms with Gasteiger partial charge in [0.05, 0.1) is 12.1 Å². The fraction of sp³-hybridized carbons (Fsp3) is 0.136. The third-order valence-corrected chi connectivity index (χ3v) is 5.34. The van der Waals surface area contributed by atoms with Crippen LogP contribution in [0.15, 0.2) is 66.0 Å². The molecule has 2 aromatic carbocycles. The van der Waals surface area contributed by atoms with Crippen LogP contribution in [-0.4, -0.2) is 36.2 Å². The van der Waals surface area contributed by atoms with Crippen LogP contribution in [0.4, 0.5) is 0 Å². The van der Waals surface area contributed by atoms with Gasteiger partial charge in [-0.15, -0.1) is 11.3 Å². The van der Waals surface area contributed by atoms with E-state index in [0.29, 0.717) is 17.1 Å². The number of thiophene rings is 1. The second kappa shape index (κ2) is 9.49. The first-order chi connectivity index (χ1) is 14.0. The molecule has 0 radical (unpaired) electrons. The van der Waals surface area contributed by atoms with E-state index in [9.17, 15) is 14.4 Å². The van der Waals surface area contributed by atoms with Gasteiger partial charge in [0, 0.05) is 28.1 Å². The largest absolute Gasteiger partial charge is 0.452 e. The van der Waals surface area contributed by atoms with Gasteiger partial charge in [-0.3, -0.25) is 9.59 Å². The second-order valence-corrected chi connectivity index (χ2v) is 7.76. The van der Waals surface area contributed by atoms with Crippen molar-refractivity contribution in [1.29, 1.82) is 0 Å². The first-order valence-electron chi connectivity index (χ1n) is 8.78. The van der Waals surface area contributed by atoms with Crippen LogP contribution in [0.25, 0.3) is 0 Å². The summed E-state index contributed by atoms with van der Waals surface area (Å²) in [4.78, 5) is 40.1. The summed E-state index contributed by atoms with van der Waals surface area (Å²) in [6.07, 6.45) is 0. The number of ether oxygens (including phenoxy) is 1. The van der Waals surface area contributed by atoms with E-state index in [1.807, 2.05) is 17.5 Å². The molecule has 0 aliphatic heterocycles. The van der Waals surface area contributed by atoms with Crippen LogP contribution in [-0.2, 0) is 16.1 Å². The molecule has 5 nitrogen and oxygen atoms in total. The maximum absolute atomic E-state index is 12.8. The van der Waals surface area contributed by atoms with E-state index in [4.69, 9.17) is 16.3 Å². The molecular formula is C22H18ClNO4S.